The monoisotopic (exact) mass is 179 g/mol. The van der Waals surface area contributed by atoms with Gasteiger partial charge in [0.25, 0.3) is 5.56 Å². The zero-order valence-corrected chi connectivity index (χ0v) is 7.68. The lowest BCUT2D eigenvalue weighted by molar-refractivity contribution is 0.614. The van der Waals surface area contributed by atoms with Gasteiger partial charge < -0.3 is 10.3 Å². The lowest BCUT2D eigenvalue weighted by Crippen LogP contribution is -2.32. The number of H-pyrrole nitrogens is 1. The molecule has 0 saturated carbocycles. The van der Waals surface area contributed by atoms with Gasteiger partial charge in [-0.1, -0.05) is 6.92 Å². The smallest absolute Gasteiger partial charge is 0.255 e. The van der Waals surface area contributed by atoms with Gasteiger partial charge in [-0.3, -0.25) is 4.79 Å². The van der Waals surface area contributed by atoms with Gasteiger partial charge in [0.05, 0.1) is 11.3 Å². The highest BCUT2D eigenvalue weighted by molar-refractivity contribution is 5.20. The Morgan fingerprint density at radius 3 is 3.15 bits per heavy atom. The number of nitrogens with zero attached hydrogens (tertiary/aromatic N) is 1. The average molecular weight is 179 g/mol. The van der Waals surface area contributed by atoms with Crippen LogP contribution < -0.4 is 10.9 Å². The molecule has 1 aromatic heterocycles. The van der Waals surface area contributed by atoms with Gasteiger partial charge in [-0.2, -0.15) is 0 Å². The van der Waals surface area contributed by atoms with E-state index in [1.54, 1.807) is 0 Å². The highest BCUT2D eigenvalue weighted by Crippen LogP contribution is 2.05. The van der Waals surface area contributed by atoms with E-state index in [4.69, 9.17) is 0 Å². The topological polar surface area (TPSA) is 57.8 Å². The minimum Gasteiger partial charge on any atom is -0.312 e. The van der Waals surface area contributed by atoms with E-state index in [2.05, 4.69) is 15.3 Å². The second-order valence-corrected chi connectivity index (χ2v) is 3.22. The highest BCUT2D eigenvalue weighted by Gasteiger charge is 2.13. The Hall–Kier alpha value is -1.16. The van der Waals surface area contributed by atoms with Gasteiger partial charge in [-0.25, -0.2) is 4.98 Å². The van der Waals surface area contributed by atoms with Crippen LogP contribution >= 0.6 is 0 Å². The molecule has 0 fully saturated rings. The van der Waals surface area contributed by atoms with Crippen LogP contribution in [0.15, 0.2) is 4.79 Å². The summed E-state index contributed by atoms with van der Waals surface area (Å²) in [6, 6.07) is 0. The Balaban J connectivity index is 2.53. The minimum absolute atomic E-state index is 0.0223. The largest absolute Gasteiger partial charge is 0.312 e. The van der Waals surface area contributed by atoms with E-state index in [0.29, 0.717) is 6.54 Å². The van der Waals surface area contributed by atoms with Crippen LogP contribution in [-0.4, -0.2) is 16.5 Å². The molecule has 0 radical (unpaired) electrons. The van der Waals surface area contributed by atoms with E-state index in [1.807, 2.05) is 6.92 Å². The van der Waals surface area contributed by atoms with Crippen LogP contribution in [-0.2, 0) is 19.4 Å². The molecule has 0 spiro atoms. The van der Waals surface area contributed by atoms with Crippen LogP contribution in [0.25, 0.3) is 0 Å². The molecule has 1 aliphatic rings. The van der Waals surface area contributed by atoms with Crippen LogP contribution in [0.5, 0.6) is 0 Å². The predicted molar refractivity (Wildman–Crippen MR) is 49.6 cm³/mol. The first-order valence-corrected chi connectivity index (χ1v) is 4.63. The molecule has 13 heavy (non-hydrogen) atoms. The van der Waals surface area contributed by atoms with Gasteiger partial charge in [0.15, 0.2) is 0 Å². The molecule has 1 aromatic rings. The van der Waals surface area contributed by atoms with E-state index >= 15 is 0 Å². The second kappa shape index (κ2) is 3.30. The van der Waals surface area contributed by atoms with E-state index < -0.39 is 0 Å². The fourth-order valence-electron chi connectivity index (χ4n) is 1.57. The third kappa shape index (κ3) is 1.49. The standard InChI is InChI=1S/C9H13N3O/c1-2-8-11-7-3-4-10-5-6(7)9(13)12-8/h10H,2-5H2,1H3,(H,11,12,13). The fourth-order valence-corrected chi connectivity index (χ4v) is 1.57. The minimum atomic E-state index is 0.0223. The van der Waals surface area contributed by atoms with Crippen LogP contribution in [0.1, 0.15) is 24.0 Å². The Bertz CT molecular complexity index is 370. The second-order valence-electron chi connectivity index (χ2n) is 3.22. The third-order valence-corrected chi connectivity index (χ3v) is 2.33. The SMILES string of the molecule is CCc1nc2c(c(=O)[nH]1)CNCC2. The molecule has 0 saturated heterocycles. The van der Waals surface area contributed by atoms with Gasteiger partial charge in [-0.15, -0.1) is 0 Å². The highest BCUT2D eigenvalue weighted by atomic mass is 16.1. The van der Waals surface area contributed by atoms with Gasteiger partial charge >= 0.3 is 0 Å². The average Bonchev–Trinajstić information content (AvgIpc) is 2.18. The van der Waals surface area contributed by atoms with E-state index in [0.717, 1.165) is 36.5 Å². The van der Waals surface area contributed by atoms with Gasteiger partial charge in [0.1, 0.15) is 5.82 Å². The number of hydrogen-bond acceptors (Lipinski definition) is 3. The molecule has 0 atom stereocenters. The van der Waals surface area contributed by atoms with E-state index in [-0.39, 0.29) is 5.56 Å². The molecule has 4 heteroatoms. The normalized spacial score (nSPS) is 15.5. The van der Waals surface area contributed by atoms with Crippen LogP contribution in [0, 0.1) is 0 Å². The van der Waals surface area contributed by atoms with Crippen molar-refractivity contribution in [2.75, 3.05) is 6.54 Å². The summed E-state index contributed by atoms with van der Waals surface area (Å²) < 4.78 is 0. The zero-order valence-electron chi connectivity index (χ0n) is 7.68. The summed E-state index contributed by atoms with van der Waals surface area (Å²) >= 11 is 0. The summed E-state index contributed by atoms with van der Waals surface area (Å²) in [5.41, 5.74) is 1.80. The molecule has 70 valence electrons. The maximum Gasteiger partial charge on any atom is 0.255 e. The summed E-state index contributed by atoms with van der Waals surface area (Å²) in [5.74, 6) is 0.797. The zero-order chi connectivity index (χ0) is 9.26. The van der Waals surface area contributed by atoms with Crippen LogP contribution in [0.2, 0.25) is 0 Å². The fraction of sp³-hybridized carbons (Fsp3) is 0.556. The molecule has 0 aromatic carbocycles. The summed E-state index contributed by atoms with van der Waals surface area (Å²) in [7, 11) is 0. The Morgan fingerprint density at radius 1 is 1.54 bits per heavy atom. The molecule has 2 rings (SSSR count). The lowest BCUT2D eigenvalue weighted by Gasteiger charge is -2.15. The molecule has 2 N–H and O–H groups in total. The molecule has 0 amide bonds. The van der Waals surface area contributed by atoms with Crippen molar-refractivity contribution in [2.24, 2.45) is 0 Å². The van der Waals surface area contributed by atoms with Crippen molar-refractivity contribution < 1.29 is 0 Å². The number of aryl methyl sites for hydroxylation is 1. The van der Waals surface area contributed by atoms with Gasteiger partial charge in [0, 0.05) is 25.9 Å². The molecular weight excluding hydrogens is 166 g/mol. The van der Waals surface area contributed by atoms with Gasteiger partial charge in [0.2, 0.25) is 0 Å². The molecular formula is C9H13N3O. The quantitative estimate of drug-likeness (QED) is 0.637. The van der Waals surface area contributed by atoms with E-state index in [9.17, 15) is 4.79 Å². The Kier molecular flexibility index (Phi) is 2.14. The van der Waals surface area contributed by atoms with Crippen LogP contribution in [0.4, 0.5) is 0 Å². The number of aromatic nitrogens is 2. The molecule has 2 heterocycles. The van der Waals surface area contributed by atoms with Crippen molar-refractivity contribution in [3.63, 3.8) is 0 Å². The number of nitrogens with one attached hydrogen (secondary N) is 2. The molecule has 0 aliphatic carbocycles. The van der Waals surface area contributed by atoms with Crippen molar-refractivity contribution >= 4 is 0 Å². The number of hydrogen-bond donors (Lipinski definition) is 2. The first kappa shape index (κ1) is 8.44. The summed E-state index contributed by atoms with van der Waals surface area (Å²) in [5, 5.41) is 3.16. The van der Waals surface area contributed by atoms with Gasteiger partial charge in [-0.05, 0) is 0 Å². The summed E-state index contributed by atoms with van der Waals surface area (Å²) in [6.45, 7) is 3.57. The van der Waals surface area contributed by atoms with Crippen molar-refractivity contribution in [3.05, 3.63) is 27.4 Å². The number of fused-ring (bicyclic) bond motifs is 1. The summed E-state index contributed by atoms with van der Waals surface area (Å²) in [4.78, 5) is 18.7. The first-order valence-electron chi connectivity index (χ1n) is 4.63. The van der Waals surface area contributed by atoms with E-state index in [1.165, 1.54) is 0 Å². The first-order chi connectivity index (χ1) is 6.31. The van der Waals surface area contributed by atoms with Crippen molar-refractivity contribution in [2.45, 2.75) is 26.3 Å². The predicted octanol–water partition coefficient (Wildman–Crippen LogP) is -0.0220. The molecule has 1 aliphatic heterocycles. The Morgan fingerprint density at radius 2 is 2.38 bits per heavy atom. The van der Waals surface area contributed by atoms with Crippen molar-refractivity contribution in [3.8, 4) is 0 Å². The third-order valence-electron chi connectivity index (χ3n) is 2.33. The molecule has 4 nitrogen and oxygen atoms in total. The number of aromatic amines is 1. The maximum absolute atomic E-state index is 11.5. The molecule has 0 unspecified atom stereocenters. The van der Waals surface area contributed by atoms with Crippen molar-refractivity contribution in [1.82, 2.24) is 15.3 Å². The summed E-state index contributed by atoms with van der Waals surface area (Å²) in [6.07, 6.45) is 1.65. The number of rotatable bonds is 1. The van der Waals surface area contributed by atoms with Crippen molar-refractivity contribution in [1.29, 1.82) is 0 Å². The Labute approximate surface area is 76.4 Å². The lowest BCUT2D eigenvalue weighted by atomic mass is 10.1. The van der Waals surface area contributed by atoms with Crippen LogP contribution in [0.3, 0.4) is 0 Å². The molecule has 0 bridgehead atoms. The maximum atomic E-state index is 11.5.